The maximum atomic E-state index is 13.1. The molecule has 0 aliphatic carbocycles. The summed E-state index contributed by atoms with van der Waals surface area (Å²) < 4.78 is 5.93. The monoisotopic (exact) mass is 515 g/mol. The molecular formula is C26H27Cl2N3O4. The number of aromatic amines is 1. The van der Waals surface area contributed by atoms with E-state index in [9.17, 15) is 14.7 Å². The lowest BCUT2D eigenvalue weighted by Gasteiger charge is -2.34. The lowest BCUT2D eigenvalue weighted by molar-refractivity contribution is 0.0628. The largest absolute Gasteiger partial charge is 0.493 e. The lowest BCUT2D eigenvalue weighted by Crippen LogP contribution is -2.48. The first-order valence-electron chi connectivity index (χ1n) is 11.4. The molecule has 1 aliphatic heterocycles. The second-order valence-corrected chi connectivity index (χ2v) is 9.29. The molecule has 0 atom stereocenters. The van der Waals surface area contributed by atoms with Crippen LogP contribution in [0.3, 0.4) is 0 Å². The number of pyridine rings is 1. The number of piperazine rings is 1. The smallest absolute Gasteiger partial charge is 0.254 e. The normalized spacial score (nSPS) is 14.2. The van der Waals surface area contributed by atoms with Crippen LogP contribution in [0.4, 0.5) is 0 Å². The van der Waals surface area contributed by atoms with Crippen LogP contribution >= 0.6 is 23.2 Å². The first kappa shape index (κ1) is 25.3. The number of H-pyrrole nitrogens is 1. The Bertz CT molecular complexity index is 1240. The number of carbonyl (C=O) groups is 1. The molecule has 2 N–H and O–H groups in total. The molecule has 0 unspecified atom stereocenters. The fraction of sp³-hybridized carbons (Fsp3) is 0.308. The highest BCUT2D eigenvalue weighted by Gasteiger charge is 2.23. The summed E-state index contributed by atoms with van der Waals surface area (Å²) in [6.45, 7) is 3.45. The number of aliphatic hydroxyl groups excluding tert-OH is 1. The molecule has 2 heterocycles. The van der Waals surface area contributed by atoms with E-state index in [1.807, 2.05) is 17.0 Å². The first-order valence-corrected chi connectivity index (χ1v) is 12.2. The number of aliphatic hydroxyl groups is 1. The number of carbonyl (C=O) groups excluding carboxylic acids is 1. The summed E-state index contributed by atoms with van der Waals surface area (Å²) in [5.74, 6) is 0.410. The minimum Gasteiger partial charge on any atom is -0.493 e. The van der Waals surface area contributed by atoms with Crippen molar-refractivity contribution in [2.45, 2.75) is 19.6 Å². The third kappa shape index (κ3) is 6.64. The second-order valence-electron chi connectivity index (χ2n) is 8.44. The predicted octanol–water partition coefficient (Wildman–Crippen LogP) is 3.75. The van der Waals surface area contributed by atoms with Gasteiger partial charge in [0.1, 0.15) is 5.75 Å². The minimum absolute atomic E-state index is 0.0732. The number of rotatable bonds is 8. The van der Waals surface area contributed by atoms with Crippen LogP contribution < -0.4 is 10.3 Å². The van der Waals surface area contributed by atoms with Crippen LogP contribution in [0.2, 0.25) is 10.0 Å². The Balaban J connectivity index is 1.35. The van der Waals surface area contributed by atoms with Gasteiger partial charge in [-0.05, 0) is 41.5 Å². The van der Waals surface area contributed by atoms with E-state index in [4.69, 9.17) is 27.9 Å². The molecule has 2 aromatic carbocycles. The number of benzene rings is 2. The van der Waals surface area contributed by atoms with Crippen LogP contribution in [0.5, 0.6) is 5.75 Å². The molecule has 35 heavy (non-hydrogen) atoms. The fourth-order valence-electron chi connectivity index (χ4n) is 4.09. The van der Waals surface area contributed by atoms with Crippen LogP contribution in [-0.2, 0) is 19.6 Å². The number of amides is 1. The molecule has 0 bridgehead atoms. The average molecular weight is 516 g/mol. The van der Waals surface area contributed by atoms with E-state index in [-0.39, 0.29) is 18.1 Å². The molecule has 9 heteroatoms. The van der Waals surface area contributed by atoms with Gasteiger partial charge in [0.2, 0.25) is 5.56 Å². The Hall–Kier alpha value is -2.84. The van der Waals surface area contributed by atoms with Crippen molar-refractivity contribution >= 4 is 29.1 Å². The van der Waals surface area contributed by atoms with Crippen LogP contribution in [0.15, 0.2) is 59.5 Å². The van der Waals surface area contributed by atoms with Gasteiger partial charge < -0.3 is 19.7 Å². The van der Waals surface area contributed by atoms with E-state index in [1.54, 1.807) is 42.6 Å². The summed E-state index contributed by atoms with van der Waals surface area (Å²) in [6, 6.07) is 14.0. The van der Waals surface area contributed by atoms with Gasteiger partial charge in [-0.15, -0.1) is 0 Å². The van der Waals surface area contributed by atoms with Crippen LogP contribution in [0.25, 0.3) is 0 Å². The maximum Gasteiger partial charge on any atom is 0.254 e. The van der Waals surface area contributed by atoms with E-state index in [0.29, 0.717) is 59.6 Å². The zero-order valence-electron chi connectivity index (χ0n) is 19.2. The molecule has 1 fully saturated rings. The molecule has 1 aromatic heterocycles. The molecule has 4 rings (SSSR count). The second kappa shape index (κ2) is 11.7. The summed E-state index contributed by atoms with van der Waals surface area (Å²) in [7, 11) is 0. The quantitative estimate of drug-likeness (QED) is 0.477. The Morgan fingerprint density at radius 3 is 2.49 bits per heavy atom. The number of hydrogen-bond donors (Lipinski definition) is 2. The van der Waals surface area contributed by atoms with Crippen molar-refractivity contribution in [3.05, 3.63) is 97.4 Å². The summed E-state index contributed by atoms with van der Waals surface area (Å²) in [4.78, 5) is 31.3. The number of ether oxygens (including phenoxy) is 1. The lowest BCUT2D eigenvalue weighted by atomic mass is 10.1. The van der Waals surface area contributed by atoms with Crippen molar-refractivity contribution in [3.8, 4) is 5.75 Å². The van der Waals surface area contributed by atoms with Gasteiger partial charge in [-0.1, -0.05) is 35.3 Å². The molecule has 3 aromatic rings. The minimum atomic E-state index is -0.188. The molecule has 1 amide bonds. The number of nitrogens with one attached hydrogen (secondary N) is 1. The number of hydrogen-bond acceptors (Lipinski definition) is 5. The number of aromatic nitrogens is 1. The van der Waals surface area contributed by atoms with Crippen LogP contribution in [0.1, 0.15) is 27.0 Å². The number of nitrogens with zero attached hydrogens (tertiary/aromatic N) is 2. The Labute approximate surface area is 213 Å². The van der Waals surface area contributed by atoms with Gasteiger partial charge in [-0.25, -0.2) is 0 Å². The molecule has 1 aliphatic rings. The van der Waals surface area contributed by atoms with Gasteiger partial charge in [0, 0.05) is 72.6 Å². The van der Waals surface area contributed by atoms with E-state index in [2.05, 4.69) is 9.88 Å². The van der Waals surface area contributed by atoms with E-state index >= 15 is 0 Å². The van der Waals surface area contributed by atoms with Crippen molar-refractivity contribution in [2.24, 2.45) is 0 Å². The number of halogens is 2. The third-order valence-electron chi connectivity index (χ3n) is 6.03. The van der Waals surface area contributed by atoms with Crippen LogP contribution in [-0.4, -0.2) is 58.6 Å². The van der Waals surface area contributed by atoms with Gasteiger partial charge in [-0.2, -0.15) is 0 Å². The zero-order chi connectivity index (χ0) is 24.8. The van der Waals surface area contributed by atoms with Crippen molar-refractivity contribution in [1.29, 1.82) is 0 Å². The van der Waals surface area contributed by atoms with Gasteiger partial charge in [0.05, 0.1) is 13.2 Å². The summed E-state index contributed by atoms with van der Waals surface area (Å²) in [5, 5.41) is 10.9. The van der Waals surface area contributed by atoms with Gasteiger partial charge in [0.25, 0.3) is 5.91 Å². The Morgan fingerprint density at radius 1 is 1.00 bits per heavy atom. The van der Waals surface area contributed by atoms with Crippen molar-refractivity contribution in [3.63, 3.8) is 0 Å². The zero-order valence-corrected chi connectivity index (χ0v) is 20.7. The van der Waals surface area contributed by atoms with E-state index in [1.165, 1.54) is 0 Å². The van der Waals surface area contributed by atoms with Crippen molar-refractivity contribution in [1.82, 2.24) is 14.8 Å². The van der Waals surface area contributed by atoms with Crippen LogP contribution in [0, 0.1) is 0 Å². The van der Waals surface area contributed by atoms with Gasteiger partial charge in [0.15, 0.2) is 0 Å². The highest BCUT2D eigenvalue weighted by molar-refractivity contribution is 6.35. The first-order chi connectivity index (χ1) is 16.9. The van der Waals surface area contributed by atoms with E-state index < -0.39 is 0 Å². The molecule has 0 spiro atoms. The highest BCUT2D eigenvalue weighted by Crippen LogP contribution is 2.24. The molecule has 7 nitrogen and oxygen atoms in total. The summed E-state index contributed by atoms with van der Waals surface area (Å²) in [5.41, 5.74) is 2.88. The molecular weight excluding hydrogens is 489 g/mol. The molecule has 0 saturated carbocycles. The molecule has 184 valence electrons. The summed E-state index contributed by atoms with van der Waals surface area (Å²) >= 11 is 12.2. The average Bonchev–Trinajstić information content (AvgIpc) is 2.85. The standard InChI is InChI=1S/C26H27Cl2N3O4/c27-22-4-3-19(23(28)15-22)6-12-35-24-14-20(1-2-21(24)17-32)26(34)31-10-8-30(9-11-31)16-18-5-7-29-25(33)13-18/h1-5,7,13-15,32H,6,8-12,16-17H2,(H,29,33). The summed E-state index contributed by atoms with van der Waals surface area (Å²) in [6.07, 6.45) is 2.21. The SMILES string of the molecule is O=C(c1ccc(CO)c(OCCc2ccc(Cl)cc2Cl)c1)N1CCN(Cc2cc[nH]c(=O)c2)CC1. The van der Waals surface area contributed by atoms with E-state index in [0.717, 1.165) is 24.2 Å². The predicted molar refractivity (Wildman–Crippen MR) is 136 cm³/mol. The third-order valence-corrected chi connectivity index (χ3v) is 6.62. The molecule has 1 saturated heterocycles. The Morgan fingerprint density at radius 2 is 1.77 bits per heavy atom. The maximum absolute atomic E-state index is 13.1. The fourth-order valence-corrected chi connectivity index (χ4v) is 4.59. The molecule has 0 radical (unpaired) electrons. The van der Waals surface area contributed by atoms with Crippen molar-refractivity contribution in [2.75, 3.05) is 32.8 Å². The topological polar surface area (TPSA) is 85.9 Å². The van der Waals surface area contributed by atoms with Crippen molar-refractivity contribution < 1.29 is 14.6 Å². The highest BCUT2D eigenvalue weighted by atomic mass is 35.5. The van der Waals surface area contributed by atoms with Gasteiger partial charge in [-0.3, -0.25) is 14.5 Å². The Kier molecular flexibility index (Phi) is 8.46. The van der Waals surface area contributed by atoms with Gasteiger partial charge >= 0.3 is 0 Å².